The highest BCUT2D eigenvalue weighted by Gasteiger charge is 2.22. The van der Waals surface area contributed by atoms with Crippen molar-refractivity contribution < 1.29 is 14.5 Å². The summed E-state index contributed by atoms with van der Waals surface area (Å²) in [5.41, 5.74) is 0.613. The van der Waals surface area contributed by atoms with Crippen LogP contribution in [-0.2, 0) is 17.9 Å². The highest BCUT2D eigenvalue weighted by molar-refractivity contribution is 6.02. The summed E-state index contributed by atoms with van der Waals surface area (Å²) in [7, 11) is 3.21. The van der Waals surface area contributed by atoms with Gasteiger partial charge in [0.25, 0.3) is 5.91 Å². The minimum atomic E-state index is -0.560. The average molecular weight is 349 g/mol. The number of nitro groups is 1. The molecule has 11 heteroatoms. The third-order valence-electron chi connectivity index (χ3n) is 3.44. The molecule has 0 aliphatic carbocycles. The highest BCUT2D eigenvalue weighted by atomic mass is 16.6. The van der Waals surface area contributed by atoms with Gasteiger partial charge >= 0.3 is 5.69 Å². The quantitative estimate of drug-likeness (QED) is 0.602. The Morgan fingerprint density at radius 2 is 2.08 bits per heavy atom. The van der Waals surface area contributed by atoms with Crippen LogP contribution in [-0.4, -0.2) is 55.3 Å². The van der Waals surface area contributed by atoms with Crippen LogP contribution in [0.3, 0.4) is 0 Å². The highest BCUT2D eigenvalue weighted by Crippen LogP contribution is 2.18. The molecular formula is C14H19N7O4. The first-order valence-electron chi connectivity index (χ1n) is 7.50. The van der Waals surface area contributed by atoms with Crippen molar-refractivity contribution in [1.82, 2.24) is 24.5 Å². The zero-order valence-corrected chi connectivity index (χ0v) is 14.4. The second-order valence-electron chi connectivity index (χ2n) is 5.52. The first kappa shape index (κ1) is 18.1. The molecule has 2 heterocycles. The van der Waals surface area contributed by atoms with Crippen LogP contribution in [0.2, 0.25) is 0 Å². The Morgan fingerprint density at radius 1 is 1.40 bits per heavy atom. The van der Waals surface area contributed by atoms with Gasteiger partial charge in [0.2, 0.25) is 5.91 Å². The number of rotatable bonds is 6. The van der Waals surface area contributed by atoms with Crippen molar-refractivity contribution in [2.75, 3.05) is 19.4 Å². The van der Waals surface area contributed by atoms with E-state index < -0.39 is 10.8 Å². The summed E-state index contributed by atoms with van der Waals surface area (Å²) in [4.78, 5) is 36.2. The van der Waals surface area contributed by atoms with Crippen molar-refractivity contribution in [1.29, 1.82) is 0 Å². The van der Waals surface area contributed by atoms with E-state index in [1.807, 2.05) is 6.92 Å². The number of carbonyl (C=O) groups excluding carboxylic acids is 2. The number of carbonyl (C=O) groups is 2. The van der Waals surface area contributed by atoms with Gasteiger partial charge in [-0.1, -0.05) is 0 Å². The molecule has 2 amide bonds. The second-order valence-corrected chi connectivity index (χ2v) is 5.52. The standard InChI is InChI=1S/C14H19N7O4/c1-5-20-13(14(23)18(3)4)10(6-15-20)16-12(22)8-19-7-11(21(24)25)9(2)17-19/h6-7H,5,8H2,1-4H3,(H,16,22). The molecule has 0 saturated heterocycles. The molecule has 0 aromatic carbocycles. The van der Waals surface area contributed by atoms with Crippen molar-refractivity contribution in [2.24, 2.45) is 0 Å². The fraction of sp³-hybridized carbons (Fsp3) is 0.429. The van der Waals surface area contributed by atoms with Crippen molar-refractivity contribution in [2.45, 2.75) is 26.9 Å². The molecule has 134 valence electrons. The Morgan fingerprint density at radius 3 is 2.60 bits per heavy atom. The van der Waals surface area contributed by atoms with E-state index in [0.717, 1.165) is 0 Å². The maximum atomic E-state index is 12.3. The number of anilines is 1. The van der Waals surface area contributed by atoms with Gasteiger partial charge in [0, 0.05) is 20.6 Å². The Hall–Kier alpha value is -3.24. The third-order valence-corrected chi connectivity index (χ3v) is 3.44. The predicted molar refractivity (Wildman–Crippen MR) is 88.2 cm³/mol. The van der Waals surface area contributed by atoms with Crippen LogP contribution in [0.4, 0.5) is 11.4 Å². The average Bonchev–Trinajstić information content (AvgIpc) is 3.09. The molecule has 0 aliphatic heterocycles. The van der Waals surface area contributed by atoms with Crippen LogP contribution in [0.5, 0.6) is 0 Å². The number of nitrogens with zero attached hydrogens (tertiary/aromatic N) is 6. The Bertz CT molecular complexity index is 821. The monoisotopic (exact) mass is 349 g/mol. The largest absolute Gasteiger partial charge is 0.343 e. The normalized spacial score (nSPS) is 10.6. The number of nitrogens with one attached hydrogen (secondary N) is 1. The summed E-state index contributed by atoms with van der Waals surface area (Å²) in [6, 6.07) is 0. The van der Waals surface area contributed by atoms with Gasteiger partial charge in [0.05, 0.1) is 16.8 Å². The topological polar surface area (TPSA) is 128 Å². The fourth-order valence-corrected chi connectivity index (χ4v) is 2.26. The van der Waals surface area contributed by atoms with Crippen molar-refractivity contribution in [3.05, 3.63) is 33.9 Å². The van der Waals surface area contributed by atoms with E-state index in [2.05, 4.69) is 15.5 Å². The fourth-order valence-electron chi connectivity index (χ4n) is 2.26. The van der Waals surface area contributed by atoms with Crippen molar-refractivity contribution >= 4 is 23.2 Å². The summed E-state index contributed by atoms with van der Waals surface area (Å²) in [5, 5.41) is 21.5. The first-order chi connectivity index (χ1) is 11.7. The lowest BCUT2D eigenvalue weighted by molar-refractivity contribution is -0.385. The Kier molecular flexibility index (Phi) is 5.15. The maximum absolute atomic E-state index is 12.3. The summed E-state index contributed by atoms with van der Waals surface area (Å²) in [5.74, 6) is -0.763. The number of hydrogen-bond acceptors (Lipinski definition) is 6. The van der Waals surface area contributed by atoms with Gasteiger partial charge in [-0.25, -0.2) is 0 Å². The molecule has 0 fully saturated rings. The minimum absolute atomic E-state index is 0.157. The summed E-state index contributed by atoms with van der Waals surface area (Å²) in [6.45, 7) is 3.57. The Balaban J connectivity index is 2.18. The molecule has 0 radical (unpaired) electrons. The SMILES string of the molecule is CCn1ncc(NC(=O)Cn2cc([N+](=O)[O-])c(C)n2)c1C(=O)N(C)C. The molecule has 0 saturated carbocycles. The van der Waals surface area contributed by atoms with Gasteiger partial charge in [-0.3, -0.25) is 29.1 Å². The zero-order valence-electron chi connectivity index (χ0n) is 14.4. The summed E-state index contributed by atoms with van der Waals surface area (Å²) in [6.07, 6.45) is 2.59. The van der Waals surface area contributed by atoms with Gasteiger partial charge in [0.15, 0.2) is 0 Å². The molecular weight excluding hydrogens is 330 g/mol. The Labute approximate surface area is 143 Å². The van der Waals surface area contributed by atoms with Gasteiger partial charge < -0.3 is 10.2 Å². The van der Waals surface area contributed by atoms with E-state index in [9.17, 15) is 19.7 Å². The number of hydrogen-bond donors (Lipinski definition) is 1. The van der Waals surface area contributed by atoms with Gasteiger partial charge in [0.1, 0.15) is 24.1 Å². The summed E-state index contributed by atoms with van der Waals surface area (Å²) < 4.78 is 2.67. The first-order valence-corrected chi connectivity index (χ1v) is 7.50. The van der Waals surface area contributed by atoms with E-state index in [4.69, 9.17) is 0 Å². The smallest absolute Gasteiger partial charge is 0.309 e. The molecule has 25 heavy (non-hydrogen) atoms. The van der Waals surface area contributed by atoms with Crippen LogP contribution < -0.4 is 5.32 Å². The molecule has 2 aromatic rings. The van der Waals surface area contributed by atoms with Crippen LogP contribution in [0.15, 0.2) is 12.4 Å². The molecule has 0 unspecified atom stereocenters. The van der Waals surface area contributed by atoms with E-state index in [1.165, 1.54) is 33.6 Å². The van der Waals surface area contributed by atoms with Crippen LogP contribution in [0, 0.1) is 17.0 Å². The molecule has 11 nitrogen and oxygen atoms in total. The third kappa shape index (κ3) is 3.82. The van der Waals surface area contributed by atoms with Gasteiger partial charge in [-0.15, -0.1) is 0 Å². The van der Waals surface area contributed by atoms with Crippen molar-refractivity contribution in [3.63, 3.8) is 0 Å². The molecule has 0 atom stereocenters. The number of amides is 2. The van der Waals surface area contributed by atoms with E-state index >= 15 is 0 Å². The van der Waals surface area contributed by atoms with Crippen LogP contribution in [0.25, 0.3) is 0 Å². The van der Waals surface area contributed by atoms with Gasteiger partial charge in [-0.05, 0) is 13.8 Å². The predicted octanol–water partition coefficient (Wildman–Crippen LogP) is 0.657. The molecule has 1 N–H and O–H groups in total. The molecule has 0 bridgehead atoms. The van der Waals surface area contributed by atoms with Crippen molar-refractivity contribution in [3.8, 4) is 0 Å². The molecule has 0 spiro atoms. The lowest BCUT2D eigenvalue weighted by Crippen LogP contribution is -2.27. The minimum Gasteiger partial charge on any atom is -0.343 e. The van der Waals surface area contributed by atoms with Crippen LogP contribution >= 0.6 is 0 Å². The molecule has 2 aromatic heterocycles. The summed E-state index contributed by atoms with van der Waals surface area (Å²) >= 11 is 0. The maximum Gasteiger partial charge on any atom is 0.309 e. The second kappa shape index (κ2) is 7.11. The number of aromatic nitrogens is 4. The zero-order chi connectivity index (χ0) is 18.7. The van der Waals surface area contributed by atoms with E-state index in [-0.39, 0.29) is 35.2 Å². The molecule has 0 aliphatic rings. The van der Waals surface area contributed by atoms with Gasteiger partial charge in [-0.2, -0.15) is 10.2 Å². The lowest BCUT2D eigenvalue weighted by Gasteiger charge is -2.13. The van der Waals surface area contributed by atoms with E-state index in [1.54, 1.807) is 14.1 Å². The lowest BCUT2D eigenvalue weighted by atomic mass is 10.3. The molecule has 2 rings (SSSR count). The van der Waals surface area contributed by atoms with Crippen LogP contribution in [0.1, 0.15) is 23.1 Å². The number of aryl methyl sites for hydroxylation is 2. The van der Waals surface area contributed by atoms with E-state index in [0.29, 0.717) is 6.54 Å².